The highest BCUT2D eigenvalue weighted by molar-refractivity contribution is 7.89. The molecule has 0 amide bonds. The molecule has 6 heteroatoms. The molecular formula is C15H22N2O3S. The van der Waals surface area contributed by atoms with Gasteiger partial charge in [-0.25, -0.2) is 13.1 Å². The van der Waals surface area contributed by atoms with Gasteiger partial charge in [-0.2, -0.15) is 0 Å². The van der Waals surface area contributed by atoms with E-state index in [9.17, 15) is 8.42 Å². The summed E-state index contributed by atoms with van der Waals surface area (Å²) in [6.07, 6.45) is 5.61. The van der Waals surface area contributed by atoms with Crippen LogP contribution in [-0.2, 0) is 14.8 Å². The quantitative estimate of drug-likeness (QED) is 0.844. The fourth-order valence-electron chi connectivity index (χ4n) is 2.44. The van der Waals surface area contributed by atoms with E-state index in [2.05, 4.69) is 10.0 Å². The Morgan fingerprint density at radius 1 is 1.10 bits per heavy atom. The van der Waals surface area contributed by atoms with Crippen LogP contribution in [0.3, 0.4) is 0 Å². The van der Waals surface area contributed by atoms with Gasteiger partial charge in [-0.3, -0.25) is 0 Å². The van der Waals surface area contributed by atoms with Crippen LogP contribution in [0.5, 0.6) is 0 Å². The summed E-state index contributed by atoms with van der Waals surface area (Å²) in [5.74, 6) is 0. The van der Waals surface area contributed by atoms with Gasteiger partial charge >= 0.3 is 0 Å². The van der Waals surface area contributed by atoms with Crippen molar-refractivity contribution in [3.05, 3.63) is 24.3 Å². The maximum absolute atomic E-state index is 12.0. The number of nitrogens with one attached hydrogen (secondary N) is 2. The minimum atomic E-state index is -3.35. The molecule has 1 heterocycles. The van der Waals surface area contributed by atoms with Crippen molar-refractivity contribution < 1.29 is 13.2 Å². The summed E-state index contributed by atoms with van der Waals surface area (Å²) in [6.45, 7) is 1.61. The third kappa shape index (κ3) is 4.18. The molecule has 2 fully saturated rings. The number of rotatable bonds is 6. The van der Waals surface area contributed by atoms with Gasteiger partial charge < -0.3 is 10.1 Å². The van der Waals surface area contributed by atoms with Crippen LogP contribution in [0.25, 0.3) is 0 Å². The Morgan fingerprint density at radius 2 is 1.86 bits per heavy atom. The van der Waals surface area contributed by atoms with Crippen molar-refractivity contribution in [2.75, 3.05) is 18.5 Å². The van der Waals surface area contributed by atoms with Gasteiger partial charge in [0.05, 0.1) is 11.0 Å². The molecule has 1 aliphatic heterocycles. The largest absolute Gasteiger partial charge is 0.382 e. The molecular weight excluding hydrogens is 288 g/mol. The van der Waals surface area contributed by atoms with Crippen LogP contribution in [0.4, 0.5) is 5.69 Å². The van der Waals surface area contributed by atoms with Crippen molar-refractivity contribution in [3.8, 4) is 0 Å². The molecule has 2 aliphatic rings. The molecule has 0 radical (unpaired) electrons. The van der Waals surface area contributed by atoms with Crippen LogP contribution in [0.2, 0.25) is 0 Å². The van der Waals surface area contributed by atoms with Crippen molar-refractivity contribution in [1.82, 2.24) is 4.72 Å². The molecule has 1 aromatic rings. The van der Waals surface area contributed by atoms with E-state index in [0.29, 0.717) is 4.90 Å². The van der Waals surface area contributed by atoms with E-state index in [1.54, 1.807) is 12.1 Å². The Morgan fingerprint density at radius 3 is 2.48 bits per heavy atom. The highest BCUT2D eigenvalue weighted by Gasteiger charge is 2.27. The first-order chi connectivity index (χ1) is 10.1. The van der Waals surface area contributed by atoms with Gasteiger partial charge in [0.1, 0.15) is 0 Å². The Balaban J connectivity index is 1.55. The van der Waals surface area contributed by atoms with Crippen LogP contribution in [0.1, 0.15) is 32.1 Å². The summed E-state index contributed by atoms with van der Waals surface area (Å²) in [5, 5.41) is 3.31. The van der Waals surface area contributed by atoms with Crippen LogP contribution in [0.15, 0.2) is 29.2 Å². The first kappa shape index (κ1) is 14.8. The SMILES string of the molecule is O=S(=O)(NC1CC1)c1ccc(NCC2CCCCO2)cc1. The number of hydrogen-bond donors (Lipinski definition) is 2. The van der Waals surface area contributed by atoms with Crippen molar-refractivity contribution in [2.45, 2.75) is 49.1 Å². The molecule has 1 saturated carbocycles. The summed E-state index contributed by atoms with van der Waals surface area (Å²) in [6, 6.07) is 7.05. The van der Waals surface area contributed by atoms with E-state index in [-0.39, 0.29) is 12.1 Å². The van der Waals surface area contributed by atoms with Gasteiger partial charge in [-0.1, -0.05) is 0 Å². The molecule has 0 aromatic heterocycles. The van der Waals surface area contributed by atoms with Gasteiger partial charge in [0, 0.05) is 24.9 Å². The number of sulfonamides is 1. The van der Waals surface area contributed by atoms with E-state index in [1.807, 2.05) is 12.1 Å². The van der Waals surface area contributed by atoms with Gasteiger partial charge in [0.2, 0.25) is 10.0 Å². The number of benzene rings is 1. The molecule has 1 unspecified atom stereocenters. The van der Waals surface area contributed by atoms with Crippen LogP contribution in [-0.4, -0.2) is 33.7 Å². The fraction of sp³-hybridized carbons (Fsp3) is 0.600. The Bertz CT molecular complexity index is 561. The lowest BCUT2D eigenvalue weighted by Gasteiger charge is -2.23. The smallest absolute Gasteiger partial charge is 0.240 e. The molecule has 116 valence electrons. The van der Waals surface area contributed by atoms with Gasteiger partial charge in [-0.15, -0.1) is 0 Å². The summed E-state index contributed by atoms with van der Waals surface area (Å²) in [7, 11) is -3.35. The molecule has 3 rings (SSSR count). The van der Waals surface area contributed by atoms with Crippen LogP contribution < -0.4 is 10.0 Å². The summed E-state index contributed by atoms with van der Waals surface area (Å²) in [4.78, 5) is 0.328. The molecule has 1 atom stereocenters. The zero-order valence-electron chi connectivity index (χ0n) is 12.0. The van der Waals surface area contributed by atoms with E-state index in [4.69, 9.17) is 4.74 Å². The first-order valence-corrected chi connectivity index (χ1v) is 9.10. The lowest BCUT2D eigenvalue weighted by molar-refractivity contribution is 0.0247. The molecule has 1 saturated heterocycles. The molecule has 0 spiro atoms. The van der Waals surface area contributed by atoms with Gasteiger partial charge in [-0.05, 0) is 56.4 Å². The zero-order chi connectivity index (χ0) is 14.7. The second-order valence-corrected chi connectivity index (χ2v) is 7.50. The molecule has 2 N–H and O–H groups in total. The van der Waals surface area contributed by atoms with Crippen molar-refractivity contribution >= 4 is 15.7 Å². The minimum absolute atomic E-state index is 0.135. The highest BCUT2D eigenvalue weighted by Crippen LogP contribution is 2.23. The third-order valence-electron chi connectivity index (χ3n) is 3.87. The summed E-state index contributed by atoms with van der Waals surface area (Å²) >= 11 is 0. The van der Waals surface area contributed by atoms with Crippen molar-refractivity contribution in [2.24, 2.45) is 0 Å². The van der Waals surface area contributed by atoms with E-state index >= 15 is 0 Å². The number of hydrogen-bond acceptors (Lipinski definition) is 4. The Hall–Kier alpha value is -1.11. The van der Waals surface area contributed by atoms with E-state index in [0.717, 1.165) is 44.5 Å². The van der Waals surface area contributed by atoms with Crippen molar-refractivity contribution in [1.29, 1.82) is 0 Å². The molecule has 1 aliphatic carbocycles. The second-order valence-electron chi connectivity index (χ2n) is 5.79. The topological polar surface area (TPSA) is 67.4 Å². The number of anilines is 1. The molecule has 0 bridgehead atoms. The van der Waals surface area contributed by atoms with Gasteiger partial charge in [0.15, 0.2) is 0 Å². The molecule has 1 aromatic carbocycles. The lowest BCUT2D eigenvalue weighted by atomic mass is 10.1. The average Bonchev–Trinajstić information content (AvgIpc) is 3.30. The minimum Gasteiger partial charge on any atom is -0.382 e. The maximum Gasteiger partial charge on any atom is 0.240 e. The van der Waals surface area contributed by atoms with E-state index < -0.39 is 10.0 Å². The lowest BCUT2D eigenvalue weighted by Crippen LogP contribution is -2.27. The maximum atomic E-state index is 12.0. The van der Waals surface area contributed by atoms with Gasteiger partial charge in [0.25, 0.3) is 0 Å². The predicted octanol–water partition coefficient (Wildman–Crippen LogP) is 2.11. The van der Waals surface area contributed by atoms with Crippen LogP contribution >= 0.6 is 0 Å². The summed E-state index contributed by atoms with van der Waals surface area (Å²) < 4.78 is 32.4. The standard InChI is InChI=1S/C15H22N2O3S/c18-21(19,17-13-4-5-13)15-8-6-12(7-9-15)16-11-14-3-1-2-10-20-14/h6-9,13-14,16-17H,1-5,10-11H2. The second kappa shape index (κ2) is 6.34. The Kier molecular flexibility index (Phi) is 4.47. The normalized spacial score (nSPS) is 23.0. The monoisotopic (exact) mass is 310 g/mol. The van der Waals surface area contributed by atoms with Crippen molar-refractivity contribution in [3.63, 3.8) is 0 Å². The first-order valence-electron chi connectivity index (χ1n) is 7.61. The van der Waals surface area contributed by atoms with Crippen LogP contribution in [0, 0.1) is 0 Å². The number of ether oxygens (including phenoxy) is 1. The third-order valence-corrected chi connectivity index (χ3v) is 5.41. The molecule has 21 heavy (non-hydrogen) atoms. The van der Waals surface area contributed by atoms with E-state index in [1.165, 1.54) is 6.42 Å². The fourth-order valence-corrected chi connectivity index (χ4v) is 3.75. The Labute approximate surface area is 126 Å². The highest BCUT2D eigenvalue weighted by atomic mass is 32.2. The predicted molar refractivity (Wildman–Crippen MR) is 81.9 cm³/mol. The summed E-state index contributed by atoms with van der Waals surface area (Å²) in [5.41, 5.74) is 0.926. The molecule has 5 nitrogen and oxygen atoms in total. The zero-order valence-corrected chi connectivity index (χ0v) is 12.9. The average molecular weight is 310 g/mol.